The third-order valence-corrected chi connectivity index (χ3v) is 4.63. The van der Waals surface area contributed by atoms with Crippen molar-refractivity contribution in [3.05, 3.63) is 12.4 Å². The second kappa shape index (κ2) is 5.50. The molecule has 2 aliphatic heterocycles. The van der Waals surface area contributed by atoms with Crippen molar-refractivity contribution in [1.29, 1.82) is 0 Å². The van der Waals surface area contributed by atoms with Crippen molar-refractivity contribution in [1.82, 2.24) is 9.97 Å². The first-order valence-corrected chi connectivity index (χ1v) is 7.64. The van der Waals surface area contributed by atoms with Gasteiger partial charge in [0.1, 0.15) is 18.0 Å². The molecule has 21 heavy (non-hydrogen) atoms. The Morgan fingerprint density at radius 2 is 1.81 bits per heavy atom. The Bertz CT molecular complexity index is 530. The lowest BCUT2D eigenvalue weighted by atomic mass is 9.90. The zero-order valence-electron chi connectivity index (χ0n) is 12.5. The summed E-state index contributed by atoms with van der Waals surface area (Å²) in [4.78, 5) is 24.4. The molecule has 0 aliphatic carbocycles. The average Bonchev–Trinajstić information content (AvgIpc) is 2.92. The van der Waals surface area contributed by atoms with E-state index in [1.807, 2.05) is 13.0 Å². The highest BCUT2D eigenvalue weighted by Crippen LogP contribution is 2.33. The highest BCUT2D eigenvalue weighted by Gasteiger charge is 2.41. The predicted molar refractivity (Wildman–Crippen MR) is 80.7 cm³/mol. The van der Waals surface area contributed by atoms with E-state index < -0.39 is 11.4 Å². The third kappa shape index (κ3) is 2.80. The highest BCUT2D eigenvalue weighted by molar-refractivity contribution is 5.76. The summed E-state index contributed by atoms with van der Waals surface area (Å²) in [5.41, 5.74) is -0.670. The SMILES string of the molecule is CC1(C(=O)O)CCN(c2cc(N3CCCCC3)ncn2)C1. The molecule has 2 saturated heterocycles. The van der Waals surface area contributed by atoms with E-state index in [2.05, 4.69) is 19.8 Å². The number of hydrogen-bond donors (Lipinski definition) is 1. The van der Waals surface area contributed by atoms with Gasteiger partial charge in [-0.2, -0.15) is 0 Å². The Kier molecular flexibility index (Phi) is 3.69. The standard InChI is InChI=1S/C15H22N4O2/c1-15(14(20)21)5-8-19(10-15)13-9-12(16-11-17-13)18-6-3-2-4-7-18/h9,11H,2-8,10H2,1H3,(H,20,21). The summed E-state index contributed by atoms with van der Waals surface area (Å²) in [6.07, 6.45) is 5.96. The summed E-state index contributed by atoms with van der Waals surface area (Å²) < 4.78 is 0. The molecule has 1 aromatic rings. The number of piperidine rings is 1. The van der Waals surface area contributed by atoms with E-state index in [4.69, 9.17) is 0 Å². The van der Waals surface area contributed by atoms with Gasteiger partial charge in [0.2, 0.25) is 0 Å². The molecule has 2 fully saturated rings. The number of aliphatic carboxylic acids is 1. The van der Waals surface area contributed by atoms with Crippen molar-refractivity contribution in [3.8, 4) is 0 Å². The molecule has 1 N–H and O–H groups in total. The minimum absolute atomic E-state index is 0.513. The van der Waals surface area contributed by atoms with Crippen LogP contribution in [-0.2, 0) is 4.79 Å². The van der Waals surface area contributed by atoms with Gasteiger partial charge in [-0.1, -0.05) is 0 Å². The van der Waals surface area contributed by atoms with Crippen LogP contribution in [0.25, 0.3) is 0 Å². The number of anilines is 2. The molecule has 1 atom stereocenters. The van der Waals surface area contributed by atoms with Gasteiger partial charge in [-0.25, -0.2) is 9.97 Å². The van der Waals surface area contributed by atoms with E-state index in [0.29, 0.717) is 13.0 Å². The van der Waals surface area contributed by atoms with Gasteiger partial charge < -0.3 is 14.9 Å². The van der Waals surface area contributed by atoms with Crippen molar-refractivity contribution < 1.29 is 9.90 Å². The zero-order valence-corrected chi connectivity index (χ0v) is 12.5. The quantitative estimate of drug-likeness (QED) is 0.915. The van der Waals surface area contributed by atoms with Gasteiger partial charge in [0.25, 0.3) is 0 Å². The van der Waals surface area contributed by atoms with Crippen LogP contribution in [0.15, 0.2) is 12.4 Å². The molecular weight excluding hydrogens is 268 g/mol. The molecule has 0 saturated carbocycles. The molecule has 1 aromatic heterocycles. The monoisotopic (exact) mass is 290 g/mol. The van der Waals surface area contributed by atoms with E-state index in [1.54, 1.807) is 6.33 Å². The third-order valence-electron chi connectivity index (χ3n) is 4.63. The van der Waals surface area contributed by atoms with Crippen molar-refractivity contribution in [3.63, 3.8) is 0 Å². The molecule has 1 unspecified atom stereocenters. The Hall–Kier alpha value is -1.85. The van der Waals surface area contributed by atoms with E-state index in [9.17, 15) is 9.90 Å². The topological polar surface area (TPSA) is 69.6 Å². The second-order valence-corrected chi connectivity index (χ2v) is 6.32. The van der Waals surface area contributed by atoms with Gasteiger partial charge >= 0.3 is 5.97 Å². The molecule has 0 radical (unpaired) electrons. The number of carboxylic acid groups (broad SMARTS) is 1. The van der Waals surface area contributed by atoms with E-state index in [1.165, 1.54) is 19.3 Å². The minimum Gasteiger partial charge on any atom is -0.481 e. The molecule has 0 amide bonds. The van der Waals surface area contributed by atoms with Gasteiger partial charge in [0.15, 0.2) is 0 Å². The molecule has 2 aliphatic rings. The number of hydrogen-bond acceptors (Lipinski definition) is 5. The molecule has 6 heteroatoms. The second-order valence-electron chi connectivity index (χ2n) is 6.32. The number of carbonyl (C=O) groups is 1. The molecule has 6 nitrogen and oxygen atoms in total. The summed E-state index contributed by atoms with van der Waals surface area (Å²) in [5.74, 6) is 1.08. The average molecular weight is 290 g/mol. The van der Waals surface area contributed by atoms with E-state index in [-0.39, 0.29) is 0 Å². The van der Waals surface area contributed by atoms with Gasteiger partial charge in [0, 0.05) is 32.2 Å². The first kappa shape index (κ1) is 14.1. The normalized spacial score (nSPS) is 26.1. The van der Waals surface area contributed by atoms with Crippen LogP contribution < -0.4 is 9.80 Å². The summed E-state index contributed by atoms with van der Waals surface area (Å²) in [6.45, 7) is 5.15. The van der Waals surface area contributed by atoms with E-state index in [0.717, 1.165) is 31.3 Å². The Morgan fingerprint density at radius 1 is 1.14 bits per heavy atom. The predicted octanol–water partition coefficient (Wildman–Crippen LogP) is 1.77. The maximum Gasteiger partial charge on any atom is 0.311 e. The van der Waals surface area contributed by atoms with E-state index >= 15 is 0 Å². The molecule has 0 bridgehead atoms. The van der Waals surface area contributed by atoms with Crippen molar-refractivity contribution >= 4 is 17.6 Å². The smallest absolute Gasteiger partial charge is 0.311 e. The van der Waals surface area contributed by atoms with Crippen LogP contribution in [-0.4, -0.2) is 47.2 Å². The van der Waals surface area contributed by atoms with Crippen LogP contribution in [0.2, 0.25) is 0 Å². The summed E-state index contributed by atoms with van der Waals surface area (Å²) in [6, 6.07) is 2.00. The number of nitrogens with zero attached hydrogens (tertiary/aromatic N) is 4. The Balaban J connectivity index is 1.76. The lowest BCUT2D eigenvalue weighted by molar-refractivity contribution is -0.146. The molecule has 0 spiro atoms. The summed E-state index contributed by atoms with van der Waals surface area (Å²) in [5, 5.41) is 9.33. The van der Waals surface area contributed by atoms with Crippen molar-refractivity contribution in [2.24, 2.45) is 5.41 Å². The van der Waals surface area contributed by atoms with Crippen molar-refractivity contribution in [2.45, 2.75) is 32.6 Å². The minimum atomic E-state index is -0.727. The fourth-order valence-electron chi connectivity index (χ4n) is 3.14. The maximum absolute atomic E-state index is 11.3. The van der Waals surface area contributed by atoms with Crippen LogP contribution in [0, 0.1) is 5.41 Å². The van der Waals surface area contributed by atoms with Gasteiger partial charge in [0.05, 0.1) is 5.41 Å². The zero-order chi connectivity index (χ0) is 14.9. The van der Waals surface area contributed by atoms with Gasteiger partial charge in [-0.05, 0) is 32.6 Å². The molecular formula is C15H22N4O2. The van der Waals surface area contributed by atoms with Crippen LogP contribution in [0.4, 0.5) is 11.6 Å². The molecule has 114 valence electrons. The molecule has 3 rings (SSSR count). The Labute approximate surface area is 124 Å². The van der Waals surface area contributed by atoms with Crippen LogP contribution in [0.1, 0.15) is 32.6 Å². The van der Waals surface area contributed by atoms with Gasteiger partial charge in [-0.3, -0.25) is 4.79 Å². The highest BCUT2D eigenvalue weighted by atomic mass is 16.4. The summed E-state index contributed by atoms with van der Waals surface area (Å²) >= 11 is 0. The van der Waals surface area contributed by atoms with Crippen molar-refractivity contribution in [2.75, 3.05) is 36.0 Å². The Morgan fingerprint density at radius 3 is 2.43 bits per heavy atom. The first-order chi connectivity index (χ1) is 10.1. The number of carboxylic acids is 1. The lowest BCUT2D eigenvalue weighted by Crippen LogP contribution is -2.33. The largest absolute Gasteiger partial charge is 0.481 e. The van der Waals surface area contributed by atoms with Crippen LogP contribution in [0.5, 0.6) is 0 Å². The molecule has 0 aromatic carbocycles. The van der Waals surface area contributed by atoms with Crippen LogP contribution in [0.3, 0.4) is 0 Å². The number of rotatable bonds is 3. The van der Waals surface area contributed by atoms with Gasteiger partial charge in [-0.15, -0.1) is 0 Å². The number of aromatic nitrogens is 2. The first-order valence-electron chi connectivity index (χ1n) is 7.64. The fraction of sp³-hybridized carbons (Fsp3) is 0.667. The lowest BCUT2D eigenvalue weighted by Gasteiger charge is -2.28. The summed E-state index contributed by atoms with van der Waals surface area (Å²) in [7, 11) is 0. The fourth-order valence-corrected chi connectivity index (χ4v) is 3.14. The van der Waals surface area contributed by atoms with Crippen LogP contribution >= 0.6 is 0 Å². The molecule has 3 heterocycles. The maximum atomic E-state index is 11.3.